The molecule has 0 bridgehead atoms. The minimum Gasteiger partial charge on any atom is -0.365 e. The van der Waals surface area contributed by atoms with E-state index in [0.29, 0.717) is 32.0 Å². The highest BCUT2D eigenvalue weighted by Crippen LogP contribution is 2.34. The third-order valence-electron chi connectivity index (χ3n) is 4.12. The molecular formula is C16H17ClF3N5. The van der Waals surface area contributed by atoms with Crippen LogP contribution in [-0.2, 0) is 12.6 Å². The molecule has 0 amide bonds. The smallest absolute Gasteiger partial charge is 0.365 e. The molecule has 0 aromatic carbocycles. The maximum atomic E-state index is 12.8. The number of aromatic nitrogens is 3. The fraction of sp³-hybridized carbons (Fsp3) is 0.438. The molecule has 0 saturated carbocycles. The fourth-order valence-corrected chi connectivity index (χ4v) is 2.96. The molecule has 1 aliphatic heterocycles. The highest BCUT2D eigenvalue weighted by molar-refractivity contribution is 6.30. The van der Waals surface area contributed by atoms with Crippen LogP contribution in [0.1, 0.15) is 18.3 Å². The van der Waals surface area contributed by atoms with Gasteiger partial charge in [-0.25, -0.2) is 15.0 Å². The lowest BCUT2D eigenvalue weighted by Crippen LogP contribution is -2.47. The average Bonchev–Trinajstić information content (AvgIpc) is 2.61. The van der Waals surface area contributed by atoms with Crippen molar-refractivity contribution in [3.8, 4) is 0 Å². The van der Waals surface area contributed by atoms with Crippen LogP contribution in [0.2, 0.25) is 5.15 Å². The summed E-state index contributed by atoms with van der Waals surface area (Å²) in [6.45, 7) is 4.66. The summed E-state index contributed by atoms with van der Waals surface area (Å²) >= 11 is 5.70. The quantitative estimate of drug-likeness (QED) is 0.773. The molecule has 1 saturated heterocycles. The van der Waals surface area contributed by atoms with Gasteiger partial charge in [0.25, 0.3) is 0 Å². The predicted octanol–water partition coefficient (Wildman–Crippen LogP) is 3.43. The van der Waals surface area contributed by atoms with Gasteiger partial charge in [-0.15, -0.1) is 0 Å². The van der Waals surface area contributed by atoms with Gasteiger partial charge in [-0.2, -0.15) is 13.2 Å². The molecule has 0 radical (unpaired) electrons. The largest absolute Gasteiger partial charge is 0.419 e. The van der Waals surface area contributed by atoms with E-state index in [1.807, 2.05) is 11.8 Å². The number of pyridine rings is 1. The van der Waals surface area contributed by atoms with E-state index >= 15 is 0 Å². The zero-order valence-electron chi connectivity index (χ0n) is 13.6. The first-order valence-electron chi connectivity index (χ1n) is 7.93. The summed E-state index contributed by atoms with van der Waals surface area (Å²) in [5.74, 6) is 1.25. The topological polar surface area (TPSA) is 45.2 Å². The molecule has 0 N–H and O–H groups in total. The highest BCUT2D eigenvalue weighted by atomic mass is 35.5. The Morgan fingerprint density at radius 3 is 2.16 bits per heavy atom. The van der Waals surface area contributed by atoms with Crippen molar-refractivity contribution in [2.45, 2.75) is 19.5 Å². The van der Waals surface area contributed by atoms with E-state index in [-0.39, 0.29) is 0 Å². The van der Waals surface area contributed by atoms with Crippen LogP contribution in [-0.4, -0.2) is 41.1 Å². The van der Waals surface area contributed by atoms with Gasteiger partial charge < -0.3 is 9.80 Å². The van der Waals surface area contributed by atoms with Gasteiger partial charge >= 0.3 is 6.18 Å². The Bertz CT molecular complexity index is 728. The minimum atomic E-state index is -4.49. The summed E-state index contributed by atoms with van der Waals surface area (Å²) < 4.78 is 38.3. The molecule has 5 nitrogen and oxygen atoms in total. The Morgan fingerprint density at radius 1 is 1.04 bits per heavy atom. The second kappa shape index (κ2) is 7.03. The highest BCUT2D eigenvalue weighted by Gasteiger charge is 2.34. The van der Waals surface area contributed by atoms with Crippen molar-refractivity contribution in [2.75, 3.05) is 36.0 Å². The molecular weight excluding hydrogens is 355 g/mol. The molecule has 3 heterocycles. The van der Waals surface area contributed by atoms with E-state index < -0.39 is 16.9 Å². The van der Waals surface area contributed by atoms with Crippen molar-refractivity contribution in [1.82, 2.24) is 15.0 Å². The lowest BCUT2D eigenvalue weighted by atomic mass is 10.2. The molecule has 2 aromatic rings. The summed E-state index contributed by atoms with van der Waals surface area (Å²) in [5.41, 5.74) is 0.0278. The number of hydrogen-bond donors (Lipinski definition) is 0. The number of piperazine rings is 1. The summed E-state index contributed by atoms with van der Waals surface area (Å²) in [4.78, 5) is 16.6. The summed E-state index contributed by atoms with van der Waals surface area (Å²) in [7, 11) is 0. The number of rotatable bonds is 3. The maximum absolute atomic E-state index is 12.8. The van der Waals surface area contributed by atoms with Crippen molar-refractivity contribution in [3.63, 3.8) is 0 Å². The van der Waals surface area contributed by atoms with Crippen molar-refractivity contribution >= 4 is 23.1 Å². The van der Waals surface area contributed by atoms with Crippen LogP contribution in [0.3, 0.4) is 0 Å². The summed E-state index contributed by atoms with van der Waals surface area (Å²) in [6.07, 6.45) is -0.107. The van der Waals surface area contributed by atoms with Gasteiger partial charge in [0.05, 0.1) is 23.6 Å². The van der Waals surface area contributed by atoms with Crippen LogP contribution >= 0.6 is 11.6 Å². The Kier molecular flexibility index (Phi) is 4.99. The Morgan fingerprint density at radius 2 is 1.64 bits per heavy atom. The third-order valence-corrected chi connectivity index (χ3v) is 4.40. The zero-order valence-corrected chi connectivity index (χ0v) is 14.3. The Labute approximate surface area is 148 Å². The van der Waals surface area contributed by atoms with Gasteiger partial charge in [0, 0.05) is 32.6 Å². The van der Waals surface area contributed by atoms with E-state index in [9.17, 15) is 13.2 Å². The summed E-state index contributed by atoms with van der Waals surface area (Å²) in [5, 5.41) is -0.518. The van der Waals surface area contributed by atoms with Crippen LogP contribution in [0, 0.1) is 0 Å². The first-order chi connectivity index (χ1) is 11.9. The van der Waals surface area contributed by atoms with Gasteiger partial charge in [-0.05, 0) is 12.1 Å². The van der Waals surface area contributed by atoms with Gasteiger partial charge in [0.2, 0.25) is 0 Å². The molecule has 0 spiro atoms. The van der Waals surface area contributed by atoms with E-state index in [1.54, 1.807) is 12.4 Å². The van der Waals surface area contributed by atoms with E-state index in [0.717, 1.165) is 24.0 Å². The molecule has 0 unspecified atom stereocenters. The lowest BCUT2D eigenvalue weighted by Gasteiger charge is -2.36. The zero-order chi connectivity index (χ0) is 18.0. The SMILES string of the molecule is CCc1ncc(N2CCN(c3ccc(C(F)(F)F)c(Cl)n3)CC2)cn1. The molecule has 1 aliphatic rings. The van der Waals surface area contributed by atoms with Gasteiger partial charge in [-0.3, -0.25) is 0 Å². The number of alkyl halides is 3. The third kappa shape index (κ3) is 3.95. The minimum absolute atomic E-state index is 0.454. The number of hydrogen-bond acceptors (Lipinski definition) is 5. The maximum Gasteiger partial charge on any atom is 0.419 e. The second-order valence-electron chi connectivity index (χ2n) is 5.69. The number of nitrogens with zero attached hydrogens (tertiary/aromatic N) is 5. The predicted molar refractivity (Wildman–Crippen MR) is 90.1 cm³/mol. The second-order valence-corrected chi connectivity index (χ2v) is 6.05. The summed E-state index contributed by atoms with van der Waals surface area (Å²) in [6, 6.07) is 2.35. The van der Waals surface area contributed by atoms with Gasteiger partial charge in [-0.1, -0.05) is 18.5 Å². The number of halogens is 4. The number of anilines is 2. The van der Waals surface area contributed by atoms with Crippen molar-refractivity contribution in [1.29, 1.82) is 0 Å². The molecule has 9 heteroatoms. The molecule has 1 fully saturated rings. The van der Waals surface area contributed by atoms with E-state index in [1.165, 1.54) is 6.07 Å². The lowest BCUT2D eigenvalue weighted by molar-refractivity contribution is -0.137. The molecule has 0 aliphatic carbocycles. The van der Waals surface area contributed by atoms with E-state index in [4.69, 9.17) is 11.6 Å². The van der Waals surface area contributed by atoms with Crippen LogP contribution in [0.25, 0.3) is 0 Å². The van der Waals surface area contributed by atoms with Crippen LogP contribution in [0.4, 0.5) is 24.7 Å². The molecule has 25 heavy (non-hydrogen) atoms. The average molecular weight is 372 g/mol. The van der Waals surface area contributed by atoms with Crippen LogP contribution < -0.4 is 9.80 Å². The molecule has 2 aromatic heterocycles. The van der Waals surface area contributed by atoms with E-state index in [2.05, 4.69) is 19.9 Å². The standard InChI is InChI=1S/C16H17ClF3N5/c1-2-13-21-9-11(10-22-13)24-5-7-25(8-6-24)14-4-3-12(15(17)23-14)16(18,19)20/h3-4,9-10H,2,5-8H2,1H3. The molecule has 3 rings (SSSR count). The Balaban J connectivity index is 1.66. The van der Waals surface area contributed by atoms with Crippen LogP contribution in [0.5, 0.6) is 0 Å². The fourth-order valence-electron chi connectivity index (χ4n) is 2.70. The van der Waals surface area contributed by atoms with Crippen molar-refractivity contribution in [2.24, 2.45) is 0 Å². The first-order valence-corrected chi connectivity index (χ1v) is 8.31. The molecule has 0 atom stereocenters. The first kappa shape index (κ1) is 17.7. The normalized spacial score (nSPS) is 15.6. The van der Waals surface area contributed by atoms with Gasteiger partial charge in [0.1, 0.15) is 16.8 Å². The Hall–Kier alpha value is -2.09. The molecule has 134 valence electrons. The number of aryl methyl sites for hydroxylation is 1. The van der Waals surface area contributed by atoms with Gasteiger partial charge in [0.15, 0.2) is 0 Å². The van der Waals surface area contributed by atoms with Crippen LogP contribution in [0.15, 0.2) is 24.5 Å². The van der Waals surface area contributed by atoms with Crippen molar-refractivity contribution in [3.05, 3.63) is 41.1 Å². The monoisotopic (exact) mass is 371 g/mol. The van der Waals surface area contributed by atoms with Crippen molar-refractivity contribution < 1.29 is 13.2 Å².